The van der Waals surface area contributed by atoms with Crippen LogP contribution in [0.15, 0.2) is 48.7 Å². The maximum absolute atomic E-state index is 3.74. The maximum atomic E-state index is 3.74. The Balaban J connectivity index is 2.62. The Morgan fingerprint density at radius 2 is 1.93 bits per heavy atom. The van der Waals surface area contributed by atoms with Crippen molar-refractivity contribution >= 4 is 0 Å². The first kappa shape index (κ1) is 11.6. The molecule has 1 rings (SSSR count). The third kappa shape index (κ3) is 4.03. The van der Waals surface area contributed by atoms with Crippen molar-refractivity contribution in [1.82, 2.24) is 4.90 Å². The summed E-state index contributed by atoms with van der Waals surface area (Å²) in [5, 5.41) is 0. The molecule has 1 nitrogen and oxygen atoms in total. The fraction of sp³-hybridized carbons (Fsp3) is 0.286. The molecule has 15 heavy (non-hydrogen) atoms. The monoisotopic (exact) mass is 201 g/mol. The molecule has 1 heteroatoms. The minimum Gasteiger partial charge on any atom is -0.376 e. The van der Waals surface area contributed by atoms with Gasteiger partial charge in [0.1, 0.15) is 0 Å². The van der Waals surface area contributed by atoms with Crippen LogP contribution < -0.4 is 0 Å². The summed E-state index contributed by atoms with van der Waals surface area (Å²) in [6.07, 6.45) is 3.97. The van der Waals surface area contributed by atoms with Gasteiger partial charge in [0.15, 0.2) is 0 Å². The Morgan fingerprint density at radius 1 is 1.33 bits per heavy atom. The third-order valence-electron chi connectivity index (χ3n) is 2.30. The summed E-state index contributed by atoms with van der Waals surface area (Å²) in [4.78, 5) is 2.17. The summed E-state index contributed by atoms with van der Waals surface area (Å²) in [5.41, 5.74) is 3.82. The van der Waals surface area contributed by atoms with E-state index in [1.165, 1.54) is 16.7 Å². The van der Waals surface area contributed by atoms with Gasteiger partial charge in [-0.15, -0.1) is 0 Å². The van der Waals surface area contributed by atoms with Crippen LogP contribution in [0, 0.1) is 6.92 Å². The number of hydrogen-bond donors (Lipinski definition) is 0. The van der Waals surface area contributed by atoms with Crippen LogP contribution in [0.1, 0.15) is 18.1 Å². The highest BCUT2D eigenvalue weighted by Gasteiger charge is 1.95. The summed E-state index contributed by atoms with van der Waals surface area (Å²) in [7, 11) is 2.08. The first-order valence-corrected chi connectivity index (χ1v) is 5.18. The summed E-state index contributed by atoms with van der Waals surface area (Å²) < 4.78 is 0. The van der Waals surface area contributed by atoms with Crippen LogP contribution in [0.4, 0.5) is 0 Å². The highest BCUT2D eigenvalue weighted by atomic mass is 15.1. The van der Waals surface area contributed by atoms with Gasteiger partial charge in [-0.25, -0.2) is 0 Å². The first-order valence-electron chi connectivity index (χ1n) is 5.18. The second kappa shape index (κ2) is 5.40. The quantitative estimate of drug-likeness (QED) is 0.674. The van der Waals surface area contributed by atoms with Gasteiger partial charge in [0, 0.05) is 19.8 Å². The Kier molecular flexibility index (Phi) is 4.17. The lowest BCUT2D eigenvalue weighted by Gasteiger charge is -2.15. The summed E-state index contributed by atoms with van der Waals surface area (Å²) in [6.45, 7) is 8.83. The van der Waals surface area contributed by atoms with Crippen LogP contribution in [-0.4, -0.2) is 11.9 Å². The lowest BCUT2D eigenvalue weighted by molar-refractivity contribution is 0.448. The fourth-order valence-electron chi connectivity index (χ4n) is 1.43. The number of aryl methyl sites for hydroxylation is 1. The van der Waals surface area contributed by atoms with Gasteiger partial charge in [0.05, 0.1) is 0 Å². The van der Waals surface area contributed by atoms with E-state index in [0.29, 0.717) is 0 Å². The molecule has 80 valence electrons. The van der Waals surface area contributed by atoms with Crippen LogP contribution in [0.5, 0.6) is 0 Å². The molecular weight excluding hydrogens is 182 g/mol. The molecule has 0 fully saturated rings. The van der Waals surface area contributed by atoms with Crippen LogP contribution in [-0.2, 0) is 6.54 Å². The smallest absolute Gasteiger partial charge is 0.0420 e. The molecule has 0 saturated carbocycles. The average Bonchev–Trinajstić information content (AvgIpc) is 2.21. The van der Waals surface area contributed by atoms with Crippen molar-refractivity contribution in [2.24, 2.45) is 0 Å². The Labute approximate surface area is 92.7 Å². The topological polar surface area (TPSA) is 3.24 Å². The normalized spacial score (nSPS) is 11.3. The van der Waals surface area contributed by atoms with Crippen LogP contribution >= 0.6 is 0 Å². The van der Waals surface area contributed by atoms with Gasteiger partial charge in [-0.3, -0.25) is 0 Å². The van der Waals surface area contributed by atoms with E-state index in [1.54, 1.807) is 0 Å². The predicted molar refractivity (Wildman–Crippen MR) is 66.6 cm³/mol. The van der Waals surface area contributed by atoms with Crippen molar-refractivity contribution in [3.05, 3.63) is 59.8 Å². The second-order valence-electron chi connectivity index (χ2n) is 3.98. The minimum atomic E-state index is 0.936. The SMILES string of the molecule is C=C/C(C)=C\N(C)Cc1ccc(C)cc1. The number of benzene rings is 1. The molecule has 1 aromatic rings. The Morgan fingerprint density at radius 3 is 2.47 bits per heavy atom. The minimum absolute atomic E-state index is 0.936. The van der Waals surface area contributed by atoms with Crippen LogP contribution in [0.25, 0.3) is 0 Å². The number of hydrogen-bond acceptors (Lipinski definition) is 1. The van der Waals surface area contributed by atoms with Crippen molar-refractivity contribution in [3.8, 4) is 0 Å². The Bertz CT molecular complexity index is 346. The lowest BCUT2D eigenvalue weighted by atomic mass is 10.1. The highest BCUT2D eigenvalue weighted by molar-refractivity contribution is 5.21. The van der Waals surface area contributed by atoms with Gasteiger partial charge in [-0.05, 0) is 25.0 Å². The number of nitrogens with zero attached hydrogens (tertiary/aromatic N) is 1. The van der Waals surface area contributed by atoms with Gasteiger partial charge in [0.25, 0.3) is 0 Å². The molecule has 0 aliphatic heterocycles. The van der Waals surface area contributed by atoms with E-state index in [1.807, 2.05) is 6.08 Å². The van der Waals surface area contributed by atoms with Gasteiger partial charge in [0.2, 0.25) is 0 Å². The third-order valence-corrected chi connectivity index (χ3v) is 2.30. The fourth-order valence-corrected chi connectivity index (χ4v) is 1.43. The largest absolute Gasteiger partial charge is 0.376 e. The molecular formula is C14H19N. The van der Waals surface area contributed by atoms with Crippen molar-refractivity contribution < 1.29 is 0 Å². The van der Waals surface area contributed by atoms with E-state index in [0.717, 1.165) is 6.54 Å². The lowest BCUT2D eigenvalue weighted by Crippen LogP contribution is -2.10. The first-order chi connectivity index (χ1) is 7.11. The molecule has 0 amide bonds. The van der Waals surface area contributed by atoms with Crippen molar-refractivity contribution in [1.29, 1.82) is 0 Å². The van der Waals surface area contributed by atoms with Gasteiger partial charge < -0.3 is 4.90 Å². The number of rotatable bonds is 4. The second-order valence-corrected chi connectivity index (χ2v) is 3.98. The molecule has 0 atom stereocenters. The zero-order chi connectivity index (χ0) is 11.3. The maximum Gasteiger partial charge on any atom is 0.0420 e. The molecule has 0 saturated heterocycles. The molecule has 0 aliphatic rings. The molecule has 0 radical (unpaired) electrons. The van der Waals surface area contributed by atoms with Gasteiger partial charge in [-0.2, -0.15) is 0 Å². The number of allylic oxidation sites excluding steroid dienone is 2. The summed E-state index contributed by atoms with van der Waals surface area (Å²) in [6, 6.07) is 8.63. The molecule has 0 aliphatic carbocycles. The Hall–Kier alpha value is -1.50. The zero-order valence-corrected chi connectivity index (χ0v) is 9.83. The standard InChI is InChI=1S/C14H19N/c1-5-12(2)10-15(4)11-14-8-6-13(3)7-9-14/h5-10H,1,11H2,2-4H3/b12-10-. The highest BCUT2D eigenvalue weighted by Crippen LogP contribution is 2.07. The average molecular weight is 201 g/mol. The van der Waals surface area contributed by atoms with E-state index in [4.69, 9.17) is 0 Å². The van der Waals surface area contributed by atoms with Gasteiger partial charge in [-0.1, -0.05) is 42.5 Å². The van der Waals surface area contributed by atoms with E-state index in [2.05, 4.69) is 62.8 Å². The van der Waals surface area contributed by atoms with E-state index in [9.17, 15) is 0 Å². The zero-order valence-electron chi connectivity index (χ0n) is 9.83. The molecule has 0 spiro atoms. The van der Waals surface area contributed by atoms with Crippen LogP contribution in [0.2, 0.25) is 0 Å². The molecule has 0 heterocycles. The summed E-state index contributed by atoms with van der Waals surface area (Å²) >= 11 is 0. The molecule has 0 N–H and O–H groups in total. The molecule has 0 bridgehead atoms. The molecule has 0 aromatic heterocycles. The summed E-state index contributed by atoms with van der Waals surface area (Å²) in [5.74, 6) is 0. The van der Waals surface area contributed by atoms with Gasteiger partial charge >= 0.3 is 0 Å². The van der Waals surface area contributed by atoms with Crippen LogP contribution in [0.3, 0.4) is 0 Å². The van der Waals surface area contributed by atoms with Crippen molar-refractivity contribution in [2.75, 3.05) is 7.05 Å². The molecule has 0 unspecified atom stereocenters. The van der Waals surface area contributed by atoms with E-state index >= 15 is 0 Å². The molecule has 1 aromatic carbocycles. The van der Waals surface area contributed by atoms with E-state index in [-0.39, 0.29) is 0 Å². The van der Waals surface area contributed by atoms with Crippen molar-refractivity contribution in [2.45, 2.75) is 20.4 Å². The van der Waals surface area contributed by atoms with Crippen molar-refractivity contribution in [3.63, 3.8) is 0 Å². The predicted octanol–water partition coefficient (Wildman–Crippen LogP) is 3.52. The van der Waals surface area contributed by atoms with E-state index < -0.39 is 0 Å².